The maximum atomic E-state index is 11.4. The van der Waals surface area contributed by atoms with Crippen LogP contribution in [0.2, 0.25) is 0 Å². The van der Waals surface area contributed by atoms with Crippen LogP contribution in [0.25, 0.3) is 0 Å². The molecule has 0 saturated carbocycles. The van der Waals surface area contributed by atoms with Crippen molar-refractivity contribution in [3.63, 3.8) is 0 Å². The van der Waals surface area contributed by atoms with Gasteiger partial charge in [-0.3, -0.25) is 4.98 Å². The van der Waals surface area contributed by atoms with Crippen molar-refractivity contribution in [1.29, 1.82) is 0 Å². The number of pyridine rings is 1. The second-order valence-electron chi connectivity index (χ2n) is 3.34. The van der Waals surface area contributed by atoms with Crippen LogP contribution >= 0.6 is 0 Å². The number of nitrogens with zero attached hydrogens (tertiary/aromatic N) is 2. The Morgan fingerprint density at radius 3 is 3.25 bits per heavy atom. The maximum Gasteiger partial charge on any atom is 0.356 e. The van der Waals surface area contributed by atoms with E-state index >= 15 is 0 Å². The molecule has 1 aliphatic rings. The van der Waals surface area contributed by atoms with Crippen LogP contribution in [0.3, 0.4) is 0 Å². The number of hydrogen-bond acceptors (Lipinski definition) is 5. The molecule has 1 aromatic heterocycles. The molecule has 0 saturated heterocycles. The van der Waals surface area contributed by atoms with E-state index in [1.165, 1.54) is 0 Å². The highest BCUT2D eigenvalue weighted by molar-refractivity contribution is 6.36. The Bertz CT molecular complexity index is 403. The minimum atomic E-state index is -0.408. The van der Waals surface area contributed by atoms with E-state index in [1.54, 1.807) is 19.3 Å². The molecule has 0 aromatic carbocycles. The molecular weight excluding hydrogens is 208 g/mol. The van der Waals surface area contributed by atoms with Crippen molar-refractivity contribution in [2.45, 2.75) is 19.4 Å². The fourth-order valence-corrected chi connectivity index (χ4v) is 1.46. The van der Waals surface area contributed by atoms with E-state index in [1.807, 2.05) is 12.1 Å². The molecule has 1 atom stereocenters. The normalized spacial score (nSPS) is 18.8. The van der Waals surface area contributed by atoms with Crippen LogP contribution in [0.15, 0.2) is 29.7 Å². The van der Waals surface area contributed by atoms with Crippen molar-refractivity contribution in [2.24, 2.45) is 5.16 Å². The lowest BCUT2D eigenvalue weighted by atomic mass is 10.1. The number of carbonyl (C=O) groups excluding carboxylic acids is 1. The number of aromatic nitrogens is 1. The Morgan fingerprint density at radius 2 is 2.56 bits per heavy atom. The molecule has 5 nitrogen and oxygen atoms in total. The van der Waals surface area contributed by atoms with Gasteiger partial charge in [-0.25, -0.2) is 4.79 Å². The Labute approximate surface area is 93.1 Å². The van der Waals surface area contributed by atoms with Crippen molar-refractivity contribution in [2.75, 3.05) is 6.61 Å². The lowest BCUT2D eigenvalue weighted by Crippen LogP contribution is -2.16. The number of ether oxygens (including phenoxy) is 1. The van der Waals surface area contributed by atoms with E-state index in [9.17, 15) is 4.79 Å². The molecular formula is C11H12N2O3. The van der Waals surface area contributed by atoms with Gasteiger partial charge in [0.15, 0.2) is 11.8 Å². The molecule has 0 radical (unpaired) electrons. The van der Waals surface area contributed by atoms with Gasteiger partial charge in [-0.1, -0.05) is 11.2 Å². The average Bonchev–Trinajstić information content (AvgIpc) is 2.80. The average molecular weight is 220 g/mol. The van der Waals surface area contributed by atoms with Crippen LogP contribution in [0, 0.1) is 0 Å². The highest BCUT2D eigenvalue weighted by Crippen LogP contribution is 2.26. The minimum absolute atomic E-state index is 0.229. The lowest BCUT2D eigenvalue weighted by Gasteiger charge is -2.06. The number of oxime groups is 1. The topological polar surface area (TPSA) is 60.8 Å². The van der Waals surface area contributed by atoms with Crippen LogP contribution in [-0.4, -0.2) is 23.3 Å². The van der Waals surface area contributed by atoms with Gasteiger partial charge in [-0.15, -0.1) is 0 Å². The first-order valence-electron chi connectivity index (χ1n) is 5.11. The van der Waals surface area contributed by atoms with Gasteiger partial charge >= 0.3 is 5.97 Å². The summed E-state index contributed by atoms with van der Waals surface area (Å²) in [6, 6.07) is 3.71. The molecule has 1 aromatic rings. The predicted molar refractivity (Wildman–Crippen MR) is 56.7 cm³/mol. The van der Waals surface area contributed by atoms with Crippen molar-refractivity contribution in [3.8, 4) is 0 Å². The lowest BCUT2D eigenvalue weighted by molar-refractivity contribution is -0.135. The standard InChI is InChI=1S/C11H12N2O3/c1-2-15-11(14)9-6-10(16-13-9)8-4-3-5-12-7-8/h3-5,7,10H,2,6H2,1H3. The molecule has 0 N–H and O–H groups in total. The van der Waals surface area contributed by atoms with Crippen molar-refractivity contribution in [1.82, 2.24) is 4.98 Å². The second-order valence-corrected chi connectivity index (χ2v) is 3.34. The zero-order valence-electron chi connectivity index (χ0n) is 8.92. The summed E-state index contributed by atoms with van der Waals surface area (Å²) in [6.45, 7) is 2.10. The Balaban J connectivity index is 1.99. The molecule has 5 heteroatoms. The third kappa shape index (κ3) is 2.18. The summed E-state index contributed by atoms with van der Waals surface area (Å²) in [6.07, 6.45) is 3.60. The SMILES string of the molecule is CCOC(=O)C1=NOC(c2cccnc2)C1. The van der Waals surface area contributed by atoms with E-state index in [4.69, 9.17) is 9.57 Å². The zero-order valence-corrected chi connectivity index (χ0v) is 8.92. The third-order valence-electron chi connectivity index (χ3n) is 2.24. The van der Waals surface area contributed by atoms with Gasteiger partial charge in [0, 0.05) is 24.4 Å². The summed E-state index contributed by atoms with van der Waals surface area (Å²) >= 11 is 0. The summed E-state index contributed by atoms with van der Waals surface area (Å²) in [4.78, 5) is 20.5. The highest BCUT2D eigenvalue weighted by Gasteiger charge is 2.28. The molecule has 2 heterocycles. The Kier molecular flexibility index (Phi) is 3.14. The fraction of sp³-hybridized carbons (Fsp3) is 0.364. The first-order valence-corrected chi connectivity index (χ1v) is 5.11. The summed E-state index contributed by atoms with van der Waals surface area (Å²) in [7, 11) is 0. The molecule has 0 bridgehead atoms. The van der Waals surface area contributed by atoms with Crippen molar-refractivity contribution < 1.29 is 14.4 Å². The number of rotatable bonds is 3. The summed E-state index contributed by atoms with van der Waals surface area (Å²) in [5, 5.41) is 3.73. The van der Waals surface area contributed by atoms with E-state index in [0.29, 0.717) is 18.7 Å². The van der Waals surface area contributed by atoms with Gasteiger partial charge < -0.3 is 9.57 Å². The van der Waals surface area contributed by atoms with Crippen LogP contribution < -0.4 is 0 Å². The van der Waals surface area contributed by atoms with Gasteiger partial charge in [0.1, 0.15) is 0 Å². The summed E-state index contributed by atoms with van der Waals surface area (Å²) in [5.41, 5.74) is 1.24. The van der Waals surface area contributed by atoms with Gasteiger partial charge in [0.2, 0.25) is 0 Å². The zero-order chi connectivity index (χ0) is 11.4. The van der Waals surface area contributed by atoms with Crippen LogP contribution in [0.4, 0.5) is 0 Å². The second kappa shape index (κ2) is 4.74. The fourth-order valence-electron chi connectivity index (χ4n) is 1.46. The molecule has 84 valence electrons. The Morgan fingerprint density at radius 1 is 1.69 bits per heavy atom. The van der Waals surface area contributed by atoms with Crippen LogP contribution in [0.1, 0.15) is 25.0 Å². The van der Waals surface area contributed by atoms with Crippen molar-refractivity contribution >= 4 is 11.7 Å². The monoisotopic (exact) mass is 220 g/mol. The third-order valence-corrected chi connectivity index (χ3v) is 2.24. The minimum Gasteiger partial charge on any atom is -0.461 e. The van der Waals surface area contributed by atoms with Gasteiger partial charge in [0.25, 0.3) is 0 Å². The first kappa shape index (κ1) is 10.6. The van der Waals surface area contributed by atoms with Crippen molar-refractivity contribution in [3.05, 3.63) is 30.1 Å². The highest BCUT2D eigenvalue weighted by atomic mass is 16.6. The molecule has 0 aliphatic carbocycles. The van der Waals surface area contributed by atoms with Crippen LogP contribution in [0.5, 0.6) is 0 Å². The largest absolute Gasteiger partial charge is 0.461 e. The predicted octanol–water partition coefficient (Wildman–Crippen LogP) is 1.46. The van der Waals surface area contributed by atoms with Gasteiger partial charge in [-0.2, -0.15) is 0 Å². The number of hydrogen-bond donors (Lipinski definition) is 0. The number of esters is 1. The van der Waals surface area contributed by atoms with Gasteiger partial charge in [-0.05, 0) is 13.0 Å². The Hall–Kier alpha value is -1.91. The van der Waals surface area contributed by atoms with E-state index in [-0.39, 0.29) is 6.10 Å². The maximum absolute atomic E-state index is 11.4. The number of carbonyl (C=O) groups is 1. The molecule has 1 aliphatic heterocycles. The van der Waals surface area contributed by atoms with E-state index < -0.39 is 5.97 Å². The van der Waals surface area contributed by atoms with Crippen LogP contribution in [-0.2, 0) is 14.4 Å². The summed E-state index contributed by atoms with van der Waals surface area (Å²) in [5.74, 6) is -0.408. The van der Waals surface area contributed by atoms with E-state index in [0.717, 1.165) is 5.56 Å². The van der Waals surface area contributed by atoms with E-state index in [2.05, 4.69) is 10.1 Å². The molecule has 0 amide bonds. The smallest absolute Gasteiger partial charge is 0.356 e. The molecule has 2 rings (SSSR count). The summed E-state index contributed by atoms with van der Waals surface area (Å²) < 4.78 is 4.84. The molecule has 16 heavy (non-hydrogen) atoms. The molecule has 0 fully saturated rings. The molecule has 0 spiro atoms. The van der Waals surface area contributed by atoms with Gasteiger partial charge in [0.05, 0.1) is 6.61 Å². The quantitative estimate of drug-likeness (QED) is 0.723. The first-order chi connectivity index (χ1) is 7.81. The molecule has 1 unspecified atom stereocenters.